The van der Waals surface area contributed by atoms with Crippen LogP contribution in [0.5, 0.6) is 0 Å². The van der Waals surface area contributed by atoms with E-state index in [1.807, 2.05) is 77.0 Å². The Balaban J connectivity index is 0.00000205. The number of aryl methyl sites for hydroxylation is 1. The molecule has 3 heterocycles. The molecule has 1 N–H and O–H groups in total. The topological polar surface area (TPSA) is 110 Å². The van der Waals surface area contributed by atoms with Gasteiger partial charge < -0.3 is 19.5 Å². The fraction of sp³-hybridized carbons (Fsp3) is 0.500. The second-order valence-corrected chi connectivity index (χ2v) is 10.5. The SMILES string of the molecule is CC.CSc1ncc2cc(N3CCN(C(=O)OC(C)(C)C)c4c(C)cccc43)c(=O)n(CCOCCO)c2n1. The first kappa shape index (κ1) is 30.4. The lowest BCUT2D eigenvalue weighted by Crippen LogP contribution is -2.46. The van der Waals surface area contributed by atoms with Gasteiger partial charge in [0.1, 0.15) is 16.9 Å². The molecule has 3 aromatic rings. The standard InChI is InChI=1S/C26H33N5O5S.C2H6/c1-17-7-6-8-19-21(17)30(25(34)36-26(2,3)4)10-9-29(19)20-15-18-16-27-24(37-5)28-22(18)31(23(20)33)11-13-35-14-12-32;1-2/h6-8,15-16,32H,9-14H2,1-5H3;1-2H3. The third-order valence-corrected chi connectivity index (χ3v) is 6.45. The molecule has 0 radical (unpaired) electrons. The molecule has 2 aromatic heterocycles. The number of pyridine rings is 1. The van der Waals surface area contributed by atoms with E-state index in [1.165, 1.54) is 11.8 Å². The van der Waals surface area contributed by atoms with E-state index >= 15 is 0 Å². The number of anilines is 3. The maximum absolute atomic E-state index is 13.9. The number of carbonyl (C=O) groups excluding carboxylic acids is 1. The maximum atomic E-state index is 13.9. The van der Waals surface area contributed by atoms with Crippen LogP contribution in [-0.4, -0.2) is 70.5 Å². The van der Waals surface area contributed by atoms with Crippen LogP contribution in [0.1, 0.15) is 40.2 Å². The summed E-state index contributed by atoms with van der Waals surface area (Å²) in [6, 6.07) is 7.57. The number of para-hydroxylation sites is 1. The molecule has 0 atom stereocenters. The van der Waals surface area contributed by atoms with E-state index in [2.05, 4.69) is 9.97 Å². The minimum Gasteiger partial charge on any atom is -0.443 e. The zero-order valence-corrected chi connectivity index (χ0v) is 24.7. The van der Waals surface area contributed by atoms with Crippen molar-refractivity contribution in [1.29, 1.82) is 0 Å². The summed E-state index contributed by atoms with van der Waals surface area (Å²) in [5.41, 5.74) is 2.51. The highest BCUT2D eigenvalue weighted by atomic mass is 32.2. The summed E-state index contributed by atoms with van der Waals surface area (Å²) < 4.78 is 12.7. The van der Waals surface area contributed by atoms with E-state index in [4.69, 9.17) is 14.6 Å². The van der Waals surface area contributed by atoms with Crippen LogP contribution in [0.3, 0.4) is 0 Å². The van der Waals surface area contributed by atoms with Crippen molar-refractivity contribution in [3.8, 4) is 0 Å². The van der Waals surface area contributed by atoms with Gasteiger partial charge in [0.25, 0.3) is 5.56 Å². The molecule has 0 spiro atoms. The third kappa shape index (κ3) is 6.90. The molecular weight excluding hydrogens is 518 g/mol. The van der Waals surface area contributed by atoms with Crippen LogP contribution in [0.2, 0.25) is 0 Å². The largest absolute Gasteiger partial charge is 0.443 e. The van der Waals surface area contributed by atoms with Gasteiger partial charge in [0.05, 0.1) is 37.7 Å². The van der Waals surface area contributed by atoms with E-state index in [1.54, 1.807) is 15.7 Å². The number of hydrogen-bond donors (Lipinski definition) is 1. The molecular formula is C28H39N5O5S. The second-order valence-electron chi connectivity index (χ2n) is 9.68. The lowest BCUT2D eigenvalue weighted by atomic mass is 10.1. The number of rotatable bonds is 7. The first-order valence-electron chi connectivity index (χ1n) is 13.2. The highest BCUT2D eigenvalue weighted by Gasteiger charge is 2.33. The van der Waals surface area contributed by atoms with Crippen LogP contribution in [0.15, 0.2) is 40.4 Å². The van der Waals surface area contributed by atoms with Gasteiger partial charge in [-0.15, -0.1) is 0 Å². The van der Waals surface area contributed by atoms with Gasteiger partial charge in [-0.3, -0.25) is 14.3 Å². The number of aliphatic hydroxyl groups is 1. The molecule has 1 aliphatic heterocycles. The Labute approximate surface area is 234 Å². The summed E-state index contributed by atoms with van der Waals surface area (Å²) in [6.07, 6.45) is 3.18. The average molecular weight is 558 g/mol. The Hall–Kier alpha value is -3.15. The molecule has 212 valence electrons. The third-order valence-electron chi connectivity index (χ3n) is 5.89. The lowest BCUT2D eigenvalue weighted by molar-refractivity contribution is 0.0580. The molecule has 4 rings (SSSR count). The lowest BCUT2D eigenvalue weighted by Gasteiger charge is -2.39. The fourth-order valence-electron chi connectivity index (χ4n) is 4.34. The number of ether oxygens (including phenoxy) is 2. The maximum Gasteiger partial charge on any atom is 0.414 e. The zero-order chi connectivity index (χ0) is 28.7. The summed E-state index contributed by atoms with van der Waals surface area (Å²) in [7, 11) is 0. The van der Waals surface area contributed by atoms with Crippen molar-refractivity contribution in [3.05, 3.63) is 46.4 Å². The first-order chi connectivity index (χ1) is 18.6. The van der Waals surface area contributed by atoms with Crippen LogP contribution < -0.4 is 15.4 Å². The van der Waals surface area contributed by atoms with E-state index in [-0.39, 0.29) is 31.9 Å². The molecule has 39 heavy (non-hydrogen) atoms. The molecule has 1 aromatic carbocycles. The van der Waals surface area contributed by atoms with Gasteiger partial charge in [-0.05, 0) is 51.6 Å². The summed E-state index contributed by atoms with van der Waals surface area (Å²) in [6.45, 7) is 12.8. The van der Waals surface area contributed by atoms with Crippen molar-refractivity contribution in [3.63, 3.8) is 0 Å². The fourth-order valence-corrected chi connectivity index (χ4v) is 4.68. The van der Waals surface area contributed by atoms with Crippen LogP contribution in [0.25, 0.3) is 11.0 Å². The average Bonchev–Trinajstić information content (AvgIpc) is 2.91. The molecule has 0 bridgehead atoms. The Kier molecular flexibility index (Phi) is 10.3. The number of hydrogen-bond acceptors (Lipinski definition) is 9. The quantitative estimate of drug-likeness (QED) is 0.250. The number of fused-ring (bicyclic) bond motifs is 2. The number of benzene rings is 1. The molecule has 10 nitrogen and oxygen atoms in total. The smallest absolute Gasteiger partial charge is 0.414 e. The number of carbonyl (C=O) groups is 1. The van der Waals surface area contributed by atoms with E-state index in [9.17, 15) is 9.59 Å². The van der Waals surface area contributed by atoms with Crippen molar-refractivity contribution in [2.75, 3.05) is 49.0 Å². The van der Waals surface area contributed by atoms with Crippen molar-refractivity contribution < 1.29 is 19.4 Å². The summed E-state index contributed by atoms with van der Waals surface area (Å²) in [4.78, 5) is 39.5. The summed E-state index contributed by atoms with van der Waals surface area (Å²) in [5, 5.41) is 10.3. The molecule has 0 saturated heterocycles. The van der Waals surface area contributed by atoms with Crippen LogP contribution in [0.4, 0.5) is 21.9 Å². The van der Waals surface area contributed by atoms with Crippen molar-refractivity contribution in [1.82, 2.24) is 14.5 Å². The molecule has 11 heteroatoms. The Morgan fingerprint density at radius 2 is 1.90 bits per heavy atom. The highest BCUT2D eigenvalue weighted by molar-refractivity contribution is 7.98. The Morgan fingerprint density at radius 3 is 2.56 bits per heavy atom. The van der Waals surface area contributed by atoms with Gasteiger partial charge in [-0.2, -0.15) is 0 Å². The molecule has 0 unspecified atom stereocenters. The first-order valence-corrected chi connectivity index (χ1v) is 14.4. The van der Waals surface area contributed by atoms with Gasteiger partial charge in [0.2, 0.25) is 0 Å². The van der Waals surface area contributed by atoms with Gasteiger partial charge >= 0.3 is 6.09 Å². The van der Waals surface area contributed by atoms with E-state index < -0.39 is 11.7 Å². The van der Waals surface area contributed by atoms with Gasteiger partial charge in [-0.25, -0.2) is 14.8 Å². The van der Waals surface area contributed by atoms with Crippen molar-refractivity contribution in [2.45, 2.75) is 58.8 Å². The van der Waals surface area contributed by atoms with Crippen LogP contribution in [0, 0.1) is 6.92 Å². The van der Waals surface area contributed by atoms with Crippen molar-refractivity contribution >= 4 is 46.0 Å². The number of amides is 1. The molecule has 0 saturated carbocycles. The molecule has 1 amide bonds. The number of thioether (sulfide) groups is 1. The minimum absolute atomic E-state index is 0.0907. The van der Waals surface area contributed by atoms with Crippen LogP contribution in [-0.2, 0) is 16.0 Å². The molecule has 1 aliphatic rings. The van der Waals surface area contributed by atoms with Gasteiger partial charge in [0, 0.05) is 24.7 Å². The predicted molar refractivity (Wildman–Crippen MR) is 157 cm³/mol. The van der Waals surface area contributed by atoms with Crippen LogP contribution >= 0.6 is 11.8 Å². The Bertz CT molecular complexity index is 1350. The Morgan fingerprint density at radius 1 is 1.15 bits per heavy atom. The van der Waals surface area contributed by atoms with Gasteiger partial charge in [-0.1, -0.05) is 37.7 Å². The molecule has 0 fully saturated rings. The normalized spacial score (nSPS) is 13.1. The monoisotopic (exact) mass is 557 g/mol. The minimum atomic E-state index is -0.628. The van der Waals surface area contributed by atoms with E-state index in [0.29, 0.717) is 35.3 Å². The summed E-state index contributed by atoms with van der Waals surface area (Å²) >= 11 is 1.40. The number of aromatic nitrogens is 3. The van der Waals surface area contributed by atoms with Crippen molar-refractivity contribution in [2.24, 2.45) is 0 Å². The van der Waals surface area contributed by atoms with Gasteiger partial charge in [0.15, 0.2) is 5.16 Å². The summed E-state index contributed by atoms with van der Waals surface area (Å²) in [5.74, 6) is 0. The zero-order valence-electron chi connectivity index (χ0n) is 23.9. The van der Waals surface area contributed by atoms with E-state index in [0.717, 1.165) is 16.6 Å². The highest BCUT2D eigenvalue weighted by Crippen LogP contribution is 2.40. The predicted octanol–water partition coefficient (Wildman–Crippen LogP) is 4.75. The molecule has 0 aliphatic carbocycles. The second kappa shape index (κ2) is 13.3. The number of nitrogens with zero attached hydrogens (tertiary/aromatic N) is 5. The number of aliphatic hydroxyl groups excluding tert-OH is 1.